The van der Waals surface area contributed by atoms with Crippen molar-refractivity contribution in [3.05, 3.63) is 36.2 Å². The molecule has 0 spiro atoms. The number of hydrazine groups is 1. The van der Waals surface area contributed by atoms with Gasteiger partial charge in [-0.05, 0) is 19.1 Å². The predicted molar refractivity (Wildman–Crippen MR) is 47.0 cm³/mol. The van der Waals surface area contributed by atoms with Gasteiger partial charge in [0.1, 0.15) is 5.76 Å². The third-order valence-corrected chi connectivity index (χ3v) is 1.71. The summed E-state index contributed by atoms with van der Waals surface area (Å²) in [6, 6.07) is 6.58. The lowest BCUT2D eigenvalue weighted by Gasteiger charge is -2.12. The van der Waals surface area contributed by atoms with Crippen LogP contribution in [0, 0.1) is 0 Å². The highest BCUT2D eigenvalue weighted by molar-refractivity contribution is 5.51. The molecule has 67 valence electrons. The number of hydrogen-bond donors (Lipinski definition) is 1. The van der Waals surface area contributed by atoms with Gasteiger partial charge >= 0.3 is 0 Å². The Bertz CT molecular complexity index is 349. The van der Waals surface area contributed by atoms with Gasteiger partial charge < -0.3 is 4.84 Å². The molecule has 0 unspecified atom stereocenters. The van der Waals surface area contributed by atoms with E-state index in [1.807, 2.05) is 13.0 Å². The van der Waals surface area contributed by atoms with Crippen molar-refractivity contribution in [3.8, 4) is 5.75 Å². The maximum absolute atomic E-state index is 11.0. The number of allylic oxidation sites excluding steroid dienone is 1. The normalized spacial score (nSPS) is 15.5. The van der Waals surface area contributed by atoms with Crippen molar-refractivity contribution >= 4 is 5.69 Å². The first-order chi connectivity index (χ1) is 6.25. The summed E-state index contributed by atoms with van der Waals surface area (Å²) in [6.45, 7) is 1.83. The zero-order valence-corrected chi connectivity index (χ0v) is 7.15. The highest BCUT2D eigenvalue weighted by Gasteiger charge is 2.11. The molecular weight excluding hydrogens is 168 g/mol. The molecule has 0 saturated heterocycles. The zero-order chi connectivity index (χ0) is 9.26. The van der Waals surface area contributed by atoms with Gasteiger partial charge in [-0.25, -0.2) is 5.01 Å². The number of anilines is 1. The Morgan fingerprint density at radius 2 is 2.31 bits per heavy atom. The lowest BCUT2D eigenvalue weighted by molar-refractivity contribution is 0.132. The summed E-state index contributed by atoms with van der Waals surface area (Å²) in [7, 11) is 0. The Kier molecular flexibility index (Phi) is 1.83. The first-order valence-electron chi connectivity index (χ1n) is 3.93. The summed E-state index contributed by atoms with van der Waals surface area (Å²) in [4.78, 5) is 4.99. The van der Waals surface area contributed by atoms with Gasteiger partial charge in [0.25, 0.3) is 0 Å². The van der Waals surface area contributed by atoms with E-state index in [1.54, 1.807) is 17.3 Å². The Labute approximate surface area is 76.0 Å². The number of nitrogens with one attached hydrogen (secondary N) is 1. The van der Waals surface area contributed by atoms with Crippen molar-refractivity contribution in [1.82, 2.24) is 5.59 Å². The largest absolute Gasteiger partial charge is 0.392 e. The van der Waals surface area contributed by atoms with Gasteiger partial charge in [-0.2, -0.15) is 0 Å². The van der Waals surface area contributed by atoms with Crippen LogP contribution in [0.1, 0.15) is 6.92 Å². The zero-order valence-electron chi connectivity index (χ0n) is 7.15. The average molecular weight is 177 g/mol. The smallest absolute Gasteiger partial charge is 0.180 e. The van der Waals surface area contributed by atoms with Crippen molar-refractivity contribution in [2.75, 3.05) is 5.01 Å². The fourth-order valence-electron chi connectivity index (χ4n) is 1.12. The number of rotatable bonds is 1. The monoisotopic (exact) mass is 177 g/mol. The quantitative estimate of drug-likeness (QED) is 0.713. The van der Waals surface area contributed by atoms with Crippen LogP contribution in [0.25, 0.3) is 0 Å². The van der Waals surface area contributed by atoms with Gasteiger partial charge in [0.2, 0.25) is 0 Å². The summed E-state index contributed by atoms with van der Waals surface area (Å²) < 4.78 is 0. The number of hydrogen-bond acceptors (Lipinski definition) is 3. The number of benzene rings is 1. The SMILES string of the molecule is CC1=CN(c2cccc([O])c2)NO1. The van der Waals surface area contributed by atoms with Crippen LogP contribution in [0.4, 0.5) is 5.69 Å². The summed E-state index contributed by atoms with van der Waals surface area (Å²) in [5.74, 6) is 0.744. The van der Waals surface area contributed by atoms with E-state index in [9.17, 15) is 5.11 Å². The molecule has 13 heavy (non-hydrogen) atoms. The highest BCUT2D eigenvalue weighted by atomic mass is 16.7. The molecule has 0 bridgehead atoms. The van der Waals surface area contributed by atoms with E-state index in [1.165, 1.54) is 12.1 Å². The molecule has 1 aliphatic heterocycles. The minimum absolute atomic E-state index is 0.0164. The number of nitrogens with zero attached hydrogens (tertiary/aromatic N) is 1. The van der Waals surface area contributed by atoms with E-state index in [4.69, 9.17) is 4.84 Å². The molecule has 1 N–H and O–H groups in total. The molecule has 0 atom stereocenters. The molecular formula is C9H9N2O2. The van der Waals surface area contributed by atoms with E-state index >= 15 is 0 Å². The van der Waals surface area contributed by atoms with Crippen molar-refractivity contribution in [2.45, 2.75) is 6.92 Å². The van der Waals surface area contributed by atoms with E-state index in [0.717, 1.165) is 11.4 Å². The molecule has 1 aromatic rings. The van der Waals surface area contributed by atoms with Gasteiger partial charge in [-0.15, -0.1) is 0 Å². The third-order valence-electron chi connectivity index (χ3n) is 1.71. The van der Waals surface area contributed by atoms with Crippen LogP contribution in [0.2, 0.25) is 0 Å². The first-order valence-corrected chi connectivity index (χ1v) is 3.93. The molecule has 0 aromatic heterocycles. The predicted octanol–water partition coefficient (Wildman–Crippen LogP) is 1.95. The van der Waals surface area contributed by atoms with Gasteiger partial charge in [0.05, 0.1) is 11.9 Å². The van der Waals surface area contributed by atoms with Crippen LogP contribution < -0.4 is 10.6 Å². The summed E-state index contributed by atoms with van der Waals surface area (Å²) in [5, 5.41) is 12.7. The van der Waals surface area contributed by atoms with Gasteiger partial charge in [0, 0.05) is 6.07 Å². The second-order valence-electron chi connectivity index (χ2n) is 2.80. The van der Waals surface area contributed by atoms with E-state index in [-0.39, 0.29) is 5.75 Å². The standard InChI is InChI=1S/C9H9N2O2/c1-7-6-11(10-13-7)8-3-2-4-9(12)5-8/h2-6,10H,1H3. The molecule has 4 nitrogen and oxygen atoms in total. The molecule has 1 aliphatic rings. The van der Waals surface area contributed by atoms with E-state index in [2.05, 4.69) is 5.59 Å². The molecule has 1 heterocycles. The Morgan fingerprint density at radius 3 is 2.92 bits per heavy atom. The van der Waals surface area contributed by atoms with Crippen molar-refractivity contribution in [1.29, 1.82) is 0 Å². The molecule has 1 radical (unpaired) electrons. The van der Waals surface area contributed by atoms with Crippen LogP contribution >= 0.6 is 0 Å². The molecule has 0 amide bonds. The fourth-order valence-corrected chi connectivity index (χ4v) is 1.12. The fraction of sp³-hybridized carbons (Fsp3) is 0.111. The maximum atomic E-state index is 11.0. The average Bonchev–Trinajstić information content (AvgIpc) is 2.52. The first kappa shape index (κ1) is 7.94. The second kappa shape index (κ2) is 2.99. The molecule has 4 heteroatoms. The van der Waals surface area contributed by atoms with Crippen LogP contribution in [0.3, 0.4) is 0 Å². The van der Waals surface area contributed by atoms with Crippen LogP contribution in [-0.2, 0) is 9.94 Å². The lowest BCUT2D eigenvalue weighted by atomic mass is 10.3. The topological polar surface area (TPSA) is 44.4 Å². The molecule has 1 aromatic carbocycles. The van der Waals surface area contributed by atoms with Crippen molar-refractivity contribution in [2.24, 2.45) is 0 Å². The molecule has 0 saturated carbocycles. The molecule has 0 aliphatic carbocycles. The van der Waals surface area contributed by atoms with Crippen LogP contribution in [0.5, 0.6) is 5.75 Å². The Hall–Kier alpha value is -1.68. The van der Waals surface area contributed by atoms with Crippen LogP contribution in [-0.4, -0.2) is 0 Å². The van der Waals surface area contributed by atoms with E-state index in [0.29, 0.717) is 0 Å². The summed E-state index contributed by atoms with van der Waals surface area (Å²) >= 11 is 0. The third kappa shape index (κ3) is 1.57. The maximum Gasteiger partial charge on any atom is 0.180 e. The highest BCUT2D eigenvalue weighted by Crippen LogP contribution is 2.22. The molecule has 2 rings (SSSR count). The Morgan fingerprint density at radius 1 is 1.46 bits per heavy atom. The van der Waals surface area contributed by atoms with Crippen molar-refractivity contribution in [3.63, 3.8) is 0 Å². The van der Waals surface area contributed by atoms with Gasteiger partial charge in [-0.3, -0.25) is 5.11 Å². The minimum atomic E-state index is -0.0164. The summed E-state index contributed by atoms with van der Waals surface area (Å²) in [5.41, 5.74) is 3.42. The van der Waals surface area contributed by atoms with Gasteiger partial charge in [-0.1, -0.05) is 11.7 Å². The Balaban J connectivity index is 2.26. The molecule has 0 fully saturated rings. The summed E-state index contributed by atoms with van der Waals surface area (Å²) in [6.07, 6.45) is 1.77. The minimum Gasteiger partial charge on any atom is -0.392 e. The van der Waals surface area contributed by atoms with Crippen LogP contribution in [0.15, 0.2) is 36.2 Å². The van der Waals surface area contributed by atoms with Gasteiger partial charge in [0.15, 0.2) is 5.75 Å². The second-order valence-corrected chi connectivity index (χ2v) is 2.80. The van der Waals surface area contributed by atoms with Crippen molar-refractivity contribution < 1.29 is 9.94 Å². The van der Waals surface area contributed by atoms with E-state index < -0.39 is 0 Å². The lowest BCUT2D eigenvalue weighted by Crippen LogP contribution is -2.26.